The molecular weight excluding hydrogens is 656 g/mol. The zero-order valence-corrected chi connectivity index (χ0v) is 29.8. The van der Waals surface area contributed by atoms with Gasteiger partial charge in [-0.3, -0.25) is 9.78 Å². The summed E-state index contributed by atoms with van der Waals surface area (Å²) in [5.74, 6) is 2.18. The third-order valence-corrected chi connectivity index (χ3v) is 9.60. The molecule has 10 nitrogen and oxygen atoms in total. The molecule has 268 valence electrons. The summed E-state index contributed by atoms with van der Waals surface area (Å²) in [7, 11) is 3.28. The number of fused-ring (bicyclic) bond motifs is 1. The lowest BCUT2D eigenvalue weighted by molar-refractivity contribution is -0.0930. The molecule has 2 aromatic heterocycles. The molecule has 4 aromatic carbocycles. The smallest absolute Gasteiger partial charge is 0.262 e. The summed E-state index contributed by atoms with van der Waals surface area (Å²) in [5.41, 5.74) is 3.42. The van der Waals surface area contributed by atoms with Crippen LogP contribution < -0.4 is 20.3 Å². The number of hydrogen-bond acceptors (Lipinski definition) is 8. The Morgan fingerprint density at radius 2 is 1.46 bits per heavy atom. The second kappa shape index (κ2) is 15.1. The predicted molar refractivity (Wildman–Crippen MR) is 202 cm³/mol. The molecule has 3 atom stereocenters. The number of methoxy groups -OCH3 is 2. The van der Waals surface area contributed by atoms with Crippen molar-refractivity contribution in [2.75, 3.05) is 32.7 Å². The first-order chi connectivity index (χ1) is 25.3. The van der Waals surface area contributed by atoms with Gasteiger partial charge in [0.15, 0.2) is 5.65 Å². The van der Waals surface area contributed by atoms with Gasteiger partial charge < -0.3 is 33.9 Å². The highest BCUT2D eigenvalue weighted by molar-refractivity contribution is 5.94. The van der Waals surface area contributed by atoms with Crippen molar-refractivity contribution >= 4 is 17.0 Å². The third kappa shape index (κ3) is 6.80. The lowest BCUT2D eigenvalue weighted by Crippen LogP contribution is -2.38. The molecule has 3 heterocycles. The molecule has 7 rings (SSSR count). The number of aliphatic hydroxyl groups excluding tert-OH is 1. The van der Waals surface area contributed by atoms with Gasteiger partial charge in [-0.1, -0.05) is 98.8 Å². The van der Waals surface area contributed by atoms with Crippen LogP contribution in [0, 0.1) is 5.92 Å². The number of nitrogens with zero attached hydrogens (tertiary/aromatic N) is 2. The van der Waals surface area contributed by atoms with Crippen LogP contribution in [0.5, 0.6) is 11.5 Å². The number of anilines is 1. The quantitative estimate of drug-likeness (QED) is 0.109. The van der Waals surface area contributed by atoms with Crippen molar-refractivity contribution in [1.82, 2.24) is 14.5 Å². The highest BCUT2D eigenvalue weighted by Gasteiger charge is 2.42. The minimum atomic E-state index is -1.08. The largest absolute Gasteiger partial charge is 0.497 e. The zero-order valence-electron chi connectivity index (χ0n) is 29.8. The summed E-state index contributed by atoms with van der Waals surface area (Å²) in [5, 5.41) is 15.3. The van der Waals surface area contributed by atoms with Gasteiger partial charge >= 0.3 is 0 Å². The van der Waals surface area contributed by atoms with Gasteiger partial charge in [-0.15, -0.1) is 0 Å². The van der Waals surface area contributed by atoms with Crippen LogP contribution in [-0.2, 0) is 15.1 Å². The number of ether oxygens (including phenoxy) is 4. The van der Waals surface area contributed by atoms with E-state index in [4.69, 9.17) is 23.9 Å². The van der Waals surface area contributed by atoms with Crippen LogP contribution in [0.1, 0.15) is 43.2 Å². The molecule has 10 heteroatoms. The fourth-order valence-corrected chi connectivity index (χ4v) is 6.91. The maximum Gasteiger partial charge on any atom is 0.262 e. The van der Waals surface area contributed by atoms with E-state index in [1.165, 1.54) is 0 Å². The first kappa shape index (κ1) is 35.0. The van der Waals surface area contributed by atoms with Gasteiger partial charge in [0, 0.05) is 24.7 Å². The van der Waals surface area contributed by atoms with Gasteiger partial charge in [0.05, 0.1) is 32.3 Å². The van der Waals surface area contributed by atoms with E-state index in [0.717, 1.165) is 39.3 Å². The first-order valence-corrected chi connectivity index (χ1v) is 17.6. The second-order valence-electron chi connectivity index (χ2n) is 13.5. The highest BCUT2D eigenvalue weighted by atomic mass is 16.6. The Balaban J connectivity index is 1.26. The van der Waals surface area contributed by atoms with Crippen molar-refractivity contribution in [1.29, 1.82) is 0 Å². The summed E-state index contributed by atoms with van der Waals surface area (Å²) in [6.07, 6.45) is 0.0199. The number of aromatic nitrogens is 3. The van der Waals surface area contributed by atoms with Gasteiger partial charge in [0.2, 0.25) is 5.95 Å². The first-order valence-electron chi connectivity index (χ1n) is 17.6. The van der Waals surface area contributed by atoms with Crippen molar-refractivity contribution in [3.63, 3.8) is 0 Å². The fraction of sp³-hybridized carbons (Fsp3) is 0.286. The second-order valence-corrected chi connectivity index (χ2v) is 13.5. The molecule has 1 aliphatic rings. The van der Waals surface area contributed by atoms with Gasteiger partial charge in [0.25, 0.3) is 5.56 Å². The fourth-order valence-electron chi connectivity index (χ4n) is 6.91. The maximum absolute atomic E-state index is 13.6. The van der Waals surface area contributed by atoms with Crippen LogP contribution in [0.2, 0.25) is 0 Å². The van der Waals surface area contributed by atoms with Gasteiger partial charge in [-0.05, 0) is 52.4 Å². The van der Waals surface area contributed by atoms with Crippen molar-refractivity contribution in [2.24, 2.45) is 5.92 Å². The number of benzene rings is 4. The molecule has 3 N–H and O–H groups in total. The van der Waals surface area contributed by atoms with E-state index in [9.17, 15) is 9.90 Å². The molecule has 0 saturated carbocycles. The molecular formula is C42H44N4O6. The number of H-pyrrole nitrogens is 1. The predicted octanol–water partition coefficient (Wildman–Crippen LogP) is 7.13. The minimum absolute atomic E-state index is 0.0601. The third-order valence-electron chi connectivity index (χ3n) is 9.60. The topological polar surface area (TPSA) is 120 Å². The van der Waals surface area contributed by atoms with E-state index < -0.39 is 24.0 Å². The lowest BCUT2D eigenvalue weighted by Gasteiger charge is -2.37. The number of aliphatic hydroxyl groups is 1. The molecule has 1 aliphatic heterocycles. The van der Waals surface area contributed by atoms with Crippen molar-refractivity contribution < 1.29 is 24.1 Å². The SMILES string of the molecule is COc1ccc(C(OC[C@H]2O[C@@H](n3cc(-c4ccccc4)c4c(=O)[nH]c(NCC(C)C)nc43)C[C@@H]2O)(c2ccccc2)c2ccc(OC)cc2)cc1. The molecule has 0 unspecified atom stereocenters. The maximum atomic E-state index is 13.6. The van der Waals surface area contributed by atoms with Crippen molar-refractivity contribution in [2.45, 2.75) is 44.3 Å². The Bertz CT molecular complexity index is 2100. The average Bonchev–Trinajstić information content (AvgIpc) is 3.76. The van der Waals surface area contributed by atoms with E-state index in [2.05, 4.69) is 24.1 Å². The molecule has 0 bridgehead atoms. The Morgan fingerprint density at radius 1 is 0.885 bits per heavy atom. The van der Waals surface area contributed by atoms with E-state index >= 15 is 0 Å². The lowest BCUT2D eigenvalue weighted by atomic mass is 9.80. The molecule has 6 aromatic rings. The molecule has 52 heavy (non-hydrogen) atoms. The Morgan fingerprint density at radius 3 is 2.04 bits per heavy atom. The van der Waals surface area contributed by atoms with E-state index in [0.29, 0.717) is 29.4 Å². The highest BCUT2D eigenvalue weighted by Crippen LogP contribution is 2.43. The normalized spacial score (nSPS) is 17.5. The van der Waals surface area contributed by atoms with Gasteiger partial charge in [-0.2, -0.15) is 4.98 Å². The van der Waals surface area contributed by atoms with Crippen LogP contribution in [-0.4, -0.2) is 59.2 Å². The van der Waals surface area contributed by atoms with Crippen molar-refractivity contribution in [3.05, 3.63) is 142 Å². The summed E-state index contributed by atoms with van der Waals surface area (Å²) < 4.78 is 26.6. The zero-order chi connectivity index (χ0) is 36.2. The Hall–Kier alpha value is -5.42. The van der Waals surface area contributed by atoms with Crippen LogP contribution in [0.25, 0.3) is 22.2 Å². The van der Waals surface area contributed by atoms with Crippen LogP contribution in [0.3, 0.4) is 0 Å². The molecule has 1 fully saturated rings. The summed E-state index contributed by atoms with van der Waals surface area (Å²) in [6, 6.07) is 35.4. The van der Waals surface area contributed by atoms with E-state index in [1.54, 1.807) is 14.2 Å². The Kier molecular flexibility index (Phi) is 10.1. The Labute approximate surface area is 303 Å². The van der Waals surface area contributed by atoms with Crippen LogP contribution in [0.4, 0.5) is 5.95 Å². The standard InChI is InChI=1S/C42H44N4O6/c1-27(2)24-43-41-44-39-38(40(48)45-41)34(28-11-7-5-8-12-28)25-46(39)37-23-35(47)36(52-37)26-51-42(29-13-9-6-10-14-29,30-15-19-32(49-3)20-16-30)31-17-21-33(50-4)22-18-31/h5-22,25,27,35-37,47H,23-24,26H2,1-4H3,(H2,43,44,45,48)/t35-,36+,37+/m0/s1. The summed E-state index contributed by atoms with van der Waals surface area (Å²) >= 11 is 0. The van der Waals surface area contributed by atoms with E-state index in [-0.39, 0.29) is 18.6 Å². The van der Waals surface area contributed by atoms with Crippen LogP contribution >= 0.6 is 0 Å². The molecule has 0 aliphatic carbocycles. The molecule has 0 amide bonds. The van der Waals surface area contributed by atoms with Crippen molar-refractivity contribution in [3.8, 4) is 22.6 Å². The van der Waals surface area contributed by atoms with Gasteiger partial charge in [0.1, 0.15) is 29.4 Å². The monoisotopic (exact) mass is 700 g/mol. The number of aromatic amines is 1. The average molecular weight is 701 g/mol. The molecule has 1 saturated heterocycles. The molecule has 0 spiro atoms. The number of rotatable bonds is 13. The van der Waals surface area contributed by atoms with Gasteiger partial charge in [-0.25, -0.2) is 0 Å². The summed E-state index contributed by atoms with van der Waals surface area (Å²) in [4.78, 5) is 21.4. The van der Waals surface area contributed by atoms with Crippen LogP contribution in [0.15, 0.2) is 120 Å². The number of nitrogens with one attached hydrogen (secondary N) is 2. The number of hydrogen-bond donors (Lipinski definition) is 3. The van der Waals surface area contributed by atoms with E-state index in [1.807, 2.05) is 120 Å². The molecule has 0 radical (unpaired) electrons. The minimum Gasteiger partial charge on any atom is -0.497 e. The summed E-state index contributed by atoms with van der Waals surface area (Å²) in [6.45, 7) is 4.88.